The van der Waals surface area contributed by atoms with Gasteiger partial charge in [0.15, 0.2) is 0 Å². The van der Waals surface area contributed by atoms with Gasteiger partial charge in [0.1, 0.15) is 5.76 Å². The first-order chi connectivity index (χ1) is 3.72. The molecule has 0 aromatic rings. The first kappa shape index (κ1) is 7.28. The molecule has 0 aromatic heterocycles. The standard InChI is InChI=1S/C7H12O/c1-5-7(8-4)6(2)3/h5H,1H2,2-4H3. The Labute approximate surface area is 50.7 Å². The van der Waals surface area contributed by atoms with E-state index in [2.05, 4.69) is 6.58 Å². The Hall–Kier alpha value is -0.720. The fourth-order valence-electron chi connectivity index (χ4n) is 0.492. The summed E-state index contributed by atoms with van der Waals surface area (Å²) in [7, 11) is 1.64. The van der Waals surface area contributed by atoms with Crippen molar-refractivity contribution in [2.45, 2.75) is 13.8 Å². The molecule has 0 aromatic carbocycles. The van der Waals surface area contributed by atoms with E-state index in [9.17, 15) is 0 Å². The van der Waals surface area contributed by atoms with E-state index in [1.807, 2.05) is 13.8 Å². The first-order valence-corrected chi connectivity index (χ1v) is 2.56. The minimum absolute atomic E-state index is 0.866. The van der Waals surface area contributed by atoms with Gasteiger partial charge in [0, 0.05) is 0 Å². The topological polar surface area (TPSA) is 9.23 Å². The van der Waals surface area contributed by atoms with Gasteiger partial charge in [-0.2, -0.15) is 0 Å². The average molecular weight is 112 g/mol. The summed E-state index contributed by atoms with van der Waals surface area (Å²) in [6, 6.07) is 0. The Bertz CT molecular complexity index is 108. The highest BCUT2D eigenvalue weighted by molar-refractivity contribution is 5.14. The molecular weight excluding hydrogens is 100 g/mol. The predicted octanol–water partition coefficient (Wildman–Crippen LogP) is 2.11. The lowest BCUT2D eigenvalue weighted by atomic mass is 10.3. The number of allylic oxidation sites excluding steroid dienone is 2. The van der Waals surface area contributed by atoms with Crippen molar-refractivity contribution in [2.75, 3.05) is 7.11 Å². The molecule has 46 valence electrons. The summed E-state index contributed by atoms with van der Waals surface area (Å²) in [6.45, 7) is 7.54. The predicted molar refractivity (Wildman–Crippen MR) is 35.6 cm³/mol. The minimum Gasteiger partial charge on any atom is -0.497 e. The molecule has 0 amide bonds. The van der Waals surface area contributed by atoms with Gasteiger partial charge < -0.3 is 4.74 Å². The molecule has 0 aliphatic heterocycles. The highest BCUT2D eigenvalue weighted by atomic mass is 16.5. The third-order valence-corrected chi connectivity index (χ3v) is 0.898. The van der Waals surface area contributed by atoms with Crippen molar-refractivity contribution in [3.63, 3.8) is 0 Å². The van der Waals surface area contributed by atoms with Crippen LogP contribution in [-0.4, -0.2) is 7.11 Å². The average Bonchev–Trinajstić information content (AvgIpc) is 1.69. The summed E-state index contributed by atoms with van der Waals surface area (Å²) in [6.07, 6.45) is 1.70. The third-order valence-electron chi connectivity index (χ3n) is 0.898. The summed E-state index contributed by atoms with van der Waals surface area (Å²) < 4.78 is 4.92. The van der Waals surface area contributed by atoms with Crippen LogP contribution in [0.15, 0.2) is 24.0 Å². The molecule has 1 nitrogen and oxygen atoms in total. The van der Waals surface area contributed by atoms with E-state index in [4.69, 9.17) is 4.74 Å². The van der Waals surface area contributed by atoms with Crippen molar-refractivity contribution in [3.8, 4) is 0 Å². The highest BCUT2D eigenvalue weighted by Gasteiger charge is 1.87. The maximum Gasteiger partial charge on any atom is 0.116 e. The van der Waals surface area contributed by atoms with Crippen LogP contribution in [0.1, 0.15) is 13.8 Å². The number of hydrogen-bond acceptors (Lipinski definition) is 1. The number of ether oxygens (including phenoxy) is 1. The molecule has 8 heavy (non-hydrogen) atoms. The van der Waals surface area contributed by atoms with Crippen LogP contribution in [-0.2, 0) is 4.74 Å². The lowest BCUT2D eigenvalue weighted by Crippen LogP contribution is -1.82. The number of rotatable bonds is 2. The van der Waals surface area contributed by atoms with Gasteiger partial charge >= 0.3 is 0 Å². The van der Waals surface area contributed by atoms with Crippen LogP contribution in [0.3, 0.4) is 0 Å². The summed E-state index contributed by atoms with van der Waals surface area (Å²) in [5.41, 5.74) is 1.16. The summed E-state index contributed by atoms with van der Waals surface area (Å²) in [4.78, 5) is 0. The van der Waals surface area contributed by atoms with E-state index >= 15 is 0 Å². The molecule has 0 heterocycles. The van der Waals surface area contributed by atoms with Gasteiger partial charge in [-0.25, -0.2) is 0 Å². The fourth-order valence-corrected chi connectivity index (χ4v) is 0.492. The fraction of sp³-hybridized carbons (Fsp3) is 0.429. The quantitative estimate of drug-likeness (QED) is 0.392. The van der Waals surface area contributed by atoms with Crippen LogP contribution in [0.5, 0.6) is 0 Å². The van der Waals surface area contributed by atoms with Crippen molar-refractivity contribution in [2.24, 2.45) is 0 Å². The highest BCUT2D eigenvalue weighted by Crippen LogP contribution is 2.02. The first-order valence-electron chi connectivity index (χ1n) is 2.56. The van der Waals surface area contributed by atoms with Crippen LogP contribution in [0.25, 0.3) is 0 Å². The van der Waals surface area contributed by atoms with Crippen molar-refractivity contribution in [1.29, 1.82) is 0 Å². The zero-order chi connectivity index (χ0) is 6.57. The molecule has 0 aliphatic rings. The maximum atomic E-state index is 4.92. The molecule has 0 spiro atoms. The van der Waals surface area contributed by atoms with E-state index < -0.39 is 0 Å². The number of methoxy groups -OCH3 is 1. The van der Waals surface area contributed by atoms with Crippen LogP contribution in [0, 0.1) is 0 Å². The van der Waals surface area contributed by atoms with Gasteiger partial charge in [0.2, 0.25) is 0 Å². The summed E-state index contributed by atoms with van der Waals surface area (Å²) in [5.74, 6) is 0.866. The van der Waals surface area contributed by atoms with Gasteiger partial charge in [0.25, 0.3) is 0 Å². The lowest BCUT2D eigenvalue weighted by molar-refractivity contribution is 0.302. The summed E-state index contributed by atoms with van der Waals surface area (Å²) in [5, 5.41) is 0. The Morgan fingerprint density at radius 3 is 2.00 bits per heavy atom. The Balaban J connectivity index is 4.07. The molecule has 0 bridgehead atoms. The molecule has 0 atom stereocenters. The molecule has 0 N–H and O–H groups in total. The van der Waals surface area contributed by atoms with Crippen LogP contribution >= 0.6 is 0 Å². The van der Waals surface area contributed by atoms with Crippen LogP contribution in [0.2, 0.25) is 0 Å². The van der Waals surface area contributed by atoms with E-state index in [-0.39, 0.29) is 0 Å². The molecule has 0 fully saturated rings. The zero-order valence-electron chi connectivity index (χ0n) is 5.69. The largest absolute Gasteiger partial charge is 0.497 e. The van der Waals surface area contributed by atoms with Gasteiger partial charge in [-0.3, -0.25) is 0 Å². The molecule has 1 heteroatoms. The maximum absolute atomic E-state index is 4.92. The van der Waals surface area contributed by atoms with Gasteiger partial charge in [0.05, 0.1) is 7.11 Å². The monoisotopic (exact) mass is 112 g/mol. The lowest BCUT2D eigenvalue weighted by Gasteiger charge is -1.99. The van der Waals surface area contributed by atoms with Crippen molar-refractivity contribution < 1.29 is 4.74 Å². The molecule has 0 unspecified atom stereocenters. The second-order valence-electron chi connectivity index (χ2n) is 1.77. The van der Waals surface area contributed by atoms with E-state index in [1.165, 1.54) is 0 Å². The molecular formula is C7H12O. The second-order valence-corrected chi connectivity index (χ2v) is 1.77. The number of hydrogen-bond donors (Lipinski definition) is 0. The van der Waals surface area contributed by atoms with Gasteiger partial charge in [-0.1, -0.05) is 6.58 Å². The molecule has 0 saturated carbocycles. The van der Waals surface area contributed by atoms with Gasteiger partial charge in [-0.15, -0.1) is 0 Å². The van der Waals surface area contributed by atoms with Crippen molar-refractivity contribution in [1.82, 2.24) is 0 Å². The van der Waals surface area contributed by atoms with Gasteiger partial charge in [-0.05, 0) is 25.5 Å². The van der Waals surface area contributed by atoms with Crippen LogP contribution < -0.4 is 0 Å². The Morgan fingerprint density at radius 2 is 2.00 bits per heavy atom. The second kappa shape index (κ2) is 3.30. The Morgan fingerprint density at radius 1 is 1.50 bits per heavy atom. The van der Waals surface area contributed by atoms with E-state index in [1.54, 1.807) is 13.2 Å². The van der Waals surface area contributed by atoms with Crippen LogP contribution in [0.4, 0.5) is 0 Å². The van der Waals surface area contributed by atoms with E-state index in [0.717, 1.165) is 11.3 Å². The molecule has 0 aliphatic carbocycles. The normalized spacial score (nSPS) is 7.88. The smallest absolute Gasteiger partial charge is 0.116 e. The Kier molecular flexibility index (Phi) is 3.01. The zero-order valence-corrected chi connectivity index (χ0v) is 5.69. The van der Waals surface area contributed by atoms with Crippen molar-refractivity contribution in [3.05, 3.63) is 24.0 Å². The minimum atomic E-state index is 0.866. The third kappa shape index (κ3) is 1.82. The van der Waals surface area contributed by atoms with Crippen molar-refractivity contribution >= 4 is 0 Å². The SMILES string of the molecule is C=CC(OC)=C(C)C. The molecule has 0 rings (SSSR count). The molecule has 0 radical (unpaired) electrons. The summed E-state index contributed by atoms with van der Waals surface area (Å²) >= 11 is 0. The van der Waals surface area contributed by atoms with E-state index in [0.29, 0.717) is 0 Å². The molecule has 0 saturated heterocycles.